The minimum atomic E-state index is -0.833. The topological polar surface area (TPSA) is 64.6 Å². The largest absolute Gasteiger partial charge is 0.444 e. The van der Waals surface area contributed by atoms with E-state index in [9.17, 15) is 9.59 Å². The lowest BCUT2D eigenvalue weighted by atomic mass is 10.1. The van der Waals surface area contributed by atoms with Crippen molar-refractivity contribution in [2.45, 2.75) is 38.8 Å². The Morgan fingerprint density at radius 3 is 2.43 bits per heavy atom. The Bertz CT molecular complexity index is 491. The number of ether oxygens (including phenoxy) is 2. The summed E-state index contributed by atoms with van der Waals surface area (Å²) in [5.74, 6) is -0.584. The number of benzene rings is 1. The Kier molecular flexibility index (Phi) is 5.96. The van der Waals surface area contributed by atoms with E-state index in [-0.39, 0.29) is 0 Å². The van der Waals surface area contributed by atoms with Gasteiger partial charge in [0.1, 0.15) is 11.6 Å². The second-order valence-corrected chi connectivity index (χ2v) is 5.49. The first-order valence-electron chi connectivity index (χ1n) is 6.66. The fraction of sp³-hybridized carbons (Fsp3) is 0.375. The van der Waals surface area contributed by atoms with Gasteiger partial charge in [0, 0.05) is 6.42 Å². The van der Waals surface area contributed by atoms with E-state index < -0.39 is 23.7 Å². The van der Waals surface area contributed by atoms with Crippen LogP contribution in [0.4, 0.5) is 4.79 Å². The summed E-state index contributed by atoms with van der Waals surface area (Å²) in [7, 11) is 0. The Balaban J connectivity index is 2.75. The van der Waals surface area contributed by atoms with Crippen molar-refractivity contribution in [2.24, 2.45) is 0 Å². The highest BCUT2D eigenvalue weighted by atomic mass is 16.6. The van der Waals surface area contributed by atoms with E-state index in [1.807, 2.05) is 30.3 Å². The summed E-state index contributed by atoms with van der Waals surface area (Å²) in [6.07, 6.45) is 0.688. The highest BCUT2D eigenvalue weighted by molar-refractivity contribution is 5.82. The fourth-order valence-electron chi connectivity index (χ4n) is 1.66. The van der Waals surface area contributed by atoms with Gasteiger partial charge >= 0.3 is 12.1 Å². The van der Waals surface area contributed by atoms with Crippen LogP contribution in [-0.4, -0.2) is 23.7 Å². The molecule has 0 aliphatic carbocycles. The van der Waals surface area contributed by atoms with Gasteiger partial charge in [-0.1, -0.05) is 36.9 Å². The molecule has 1 N–H and O–H groups in total. The number of hydrogen-bond acceptors (Lipinski definition) is 4. The second-order valence-electron chi connectivity index (χ2n) is 5.49. The number of hydrogen-bond donors (Lipinski definition) is 1. The molecule has 0 heterocycles. The van der Waals surface area contributed by atoms with E-state index in [1.165, 1.54) is 0 Å². The normalized spacial score (nSPS) is 12.1. The lowest BCUT2D eigenvalue weighted by Crippen LogP contribution is -2.45. The zero-order valence-corrected chi connectivity index (χ0v) is 12.6. The smallest absolute Gasteiger partial charge is 0.408 e. The summed E-state index contributed by atoms with van der Waals surface area (Å²) in [4.78, 5) is 23.7. The van der Waals surface area contributed by atoms with Crippen LogP contribution in [0.3, 0.4) is 0 Å². The second kappa shape index (κ2) is 7.47. The van der Waals surface area contributed by atoms with Crippen LogP contribution >= 0.6 is 0 Å². The van der Waals surface area contributed by atoms with Crippen molar-refractivity contribution in [3.63, 3.8) is 0 Å². The van der Waals surface area contributed by atoms with Crippen LogP contribution < -0.4 is 5.32 Å². The van der Waals surface area contributed by atoms with Crippen LogP contribution in [0.2, 0.25) is 0 Å². The number of carbonyl (C=O) groups excluding carboxylic acids is 2. The molecule has 5 heteroatoms. The lowest BCUT2D eigenvalue weighted by Gasteiger charge is -2.22. The van der Waals surface area contributed by atoms with Gasteiger partial charge in [-0.2, -0.15) is 0 Å². The molecule has 0 fully saturated rings. The zero-order valence-electron chi connectivity index (χ0n) is 12.6. The van der Waals surface area contributed by atoms with E-state index in [2.05, 4.69) is 11.9 Å². The molecule has 114 valence electrons. The molecular formula is C16H21NO4. The van der Waals surface area contributed by atoms with E-state index in [1.54, 1.807) is 20.8 Å². The molecule has 0 radical (unpaired) electrons. The van der Waals surface area contributed by atoms with Gasteiger partial charge in [-0.25, -0.2) is 9.59 Å². The fourth-order valence-corrected chi connectivity index (χ4v) is 1.66. The third kappa shape index (κ3) is 6.61. The first-order chi connectivity index (χ1) is 9.81. The maximum Gasteiger partial charge on any atom is 0.408 e. The average molecular weight is 291 g/mol. The van der Waals surface area contributed by atoms with Crippen molar-refractivity contribution in [3.05, 3.63) is 48.7 Å². The molecule has 0 spiro atoms. The third-order valence-corrected chi connectivity index (χ3v) is 2.46. The lowest BCUT2D eigenvalue weighted by molar-refractivity contribution is -0.140. The van der Waals surface area contributed by atoms with Crippen molar-refractivity contribution in [1.29, 1.82) is 0 Å². The monoisotopic (exact) mass is 291 g/mol. The van der Waals surface area contributed by atoms with Gasteiger partial charge in [-0.3, -0.25) is 0 Å². The van der Waals surface area contributed by atoms with Crippen molar-refractivity contribution in [3.8, 4) is 0 Å². The number of carbonyl (C=O) groups is 2. The molecule has 0 aromatic heterocycles. The van der Waals surface area contributed by atoms with E-state index >= 15 is 0 Å². The molecule has 1 amide bonds. The van der Waals surface area contributed by atoms with Gasteiger partial charge in [0.15, 0.2) is 0 Å². The third-order valence-electron chi connectivity index (χ3n) is 2.46. The molecule has 1 aromatic carbocycles. The molecule has 0 aliphatic rings. The number of amides is 1. The maximum atomic E-state index is 11.9. The Morgan fingerprint density at radius 2 is 1.90 bits per heavy atom. The first kappa shape index (κ1) is 16.8. The molecule has 1 atom stereocenters. The maximum absolute atomic E-state index is 11.9. The van der Waals surface area contributed by atoms with Gasteiger partial charge in [0.25, 0.3) is 0 Å². The van der Waals surface area contributed by atoms with Crippen LogP contribution in [0.25, 0.3) is 0 Å². The Morgan fingerprint density at radius 1 is 1.29 bits per heavy atom. The van der Waals surface area contributed by atoms with Crippen LogP contribution in [0, 0.1) is 0 Å². The predicted octanol–water partition coefficient (Wildman–Crippen LogP) is 2.81. The summed E-state index contributed by atoms with van der Waals surface area (Å²) in [5, 5.41) is 2.52. The molecule has 0 unspecified atom stereocenters. The number of nitrogens with one attached hydrogen (secondary N) is 1. The van der Waals surface area contributed by atoms with Crippen LogP contribution in [0.5, 0.6) is 0 Å². The van der Waals surface area contributed by atoms with Crippen LogP contribution in [-0.2, 0) is 20.7 Å². The molecule has 1 aromatic rings. The molecule has 0 saturated carbocycles. The van der Waals surface area contributed by atoms with Crippen molar-refractivity contribution < 1.29 is 19.1 Å². The van der Waals surface area contributed by atoms with Crippen LogP contribution in [0.1, 0.15) is 26.3 Å². The molecule has 5 nitrogen and oxygen atoms in total. The van der Waals surface area contributed by atoms with Crippen molar-refractivity contribution >= 4 is 12.1 Å². The molecule has 0 saturated heterocycles. The standard InChI is InChI=1S/C16H21NO4/c1-5-20-14(18)13(11-12-9-7-6-8-10-12)17-15(19)21-16(2,3)4/h5-10,13H,1,11H2,2-4H3,(H,17,19)/t13-/m0/s1. The summed E-state index contributed by atoms with van der Waals surface area (Å²) < 4.78 is 9.91. The highest BCUT2D eigenvalue weighted by Crippen LogP contribution is 2.09. The zero-order chi connectivity index (χ0) is 15.9. The molecule has 1 rings (SSSR count). The quantitative estimate of drug-likeness (QED) is 0.669. The summed E-state index contributed by atoms with van der Waals surface area (Å²) in [6, 6.07) is 8.50. The van der Waals surface area contributed by atoms with Gasteiger partial charge < -0.3 is 14.8 Å². The summed E-state index contributed by atoms with van der Waals surface area (Å²) >= 11 is 0. The minimum absolute atomic E-state index is 0.312. The van der Waals surface area contributed by atoms with E-state index in [0.717, 1.165) is 11.8 Å². The van der Waals surface area contributed by atoms with Crippen molar-refractivity contribution in [2.75, 3.05) is 0 Å². The Hall–Kier alpha value is -2.30. The minimum Gasteiger partial charge on any atom is -0.444 e. The van der Waals surface area contributed by atoms with Crippen molar-refractivity contribution in [1.82, 2.24) is 5.32 Å². The number of esters is 1. The summed E-state index contributed by atoms with van der Waals surface area (Å²) in [5.41, 5.74) is 0.267. The van der Waals surface area contributed by atoms with E-state index in [0.29, 0.717) is 6.42 Å². The van der Waals surface area contributed by atoms with Gasteiger partial charge in [-0.15, -0.1) is 0 Å². The first-order valence-corrected chi connectivity index (χ1v) is 6.66. The van der Waals surface area contributed by atoms with Gasteiger partial charge in [0.05, 0.1) is 6.26 Å². The van der Waals surface area contributed by atoms with Gasteiger partial charge in [-0.05, 0) is 26.3 Å². The summed E-state index contributed by atoms with van der Waals surface area (Å²) in [6.45, 7) is 8.59. The molecular weight excluding hydrogens is 270 g/mol. The number of rotatable bonds is 5. The average Bonchev–Trinajstić information content (AvgIpc) is 2.37. The van der Waals surface area contributed by atoms with Gasteiger partial charge in [0.2, 0.25) is 0 Å². The molecule has 0 bridgehead atoms. The van der Waals surface area contributed by atoms with E-state index in [4.69, 9.17) is 9.47 Å². The highest BCUT2D eigenvalue weighted by Gasteiger charge is 2.25. The predicted molar refractivity (Wildman–Crippen MR) is 79.6 cm³/mol. The molecule has 0 aliphatic heterocycles. The molecule has 21 heavy (non-hydrogen) atoms. The number of alkyl carbamates (subject to hydrolysis) is 1. The Labute approximate surface area is 124 Å². The van der Waals surface area contributed by atoms with Crippen LogP contribution in [0.15, 0.2) is 43.2 Å². The SMILES string of the molecule is C=COC(=O)[C@H](Cc1ccccc1)NC(=O)OC(C)(C)C.